The van der Waals surface area contributed by atoms with Gasteiger partial charge in [-0.25, -0.2) is 4.90 Å². The molecule has 3 heterocycles. The van der Waals surface area contributed by atoms with Crippen molar-refractivity contribution in [3.8, 4) is 0 Å². The van der Waals surface area contributed by atoms with E-state index >= 15 is 0 Å². The van der Waals surface area contributed by atoms with Gasteiger partial charge in [-0.05, 0) is 35.4 Å². The van der Waals surface area contributed by atoms with Gasteiger partial charge >= 0.3 is 0 Å². The van der Waals surface area contributed by atoms with E-state index in [9.17, 15) is 24.5 Å². The van der Waals surface area contributed by atoms with Gasteiger partial charge in [0.25, 0.3) is 5.69 Å². The number of carbonyl (C=O) groups is 3. The molecule has 3 aliphatic rings. The Morgan fingerprint density at radius 3 is 2.23 bits per heavy atom. The molecule has 2 amide bonds. The number of nitrogens with zero attached hydrogens (tertiary/aromatic N) is 4. The first-order valence-corrected chi connectivity index (χ1v) is 11.1. The lowest BCUT2D eigenvalue weighted by Crippen LogP contribution is -2.44. The van der Waals surface area contributed by atoms with Gasteiger partial charge in [0.1, 0.15) is 6.04 Å². The fourth-order valence-corrected chi connectivity index (χ4v) is 5.42. The number of hydrazone groups is 1. The van der Waals surface area contributed by atoms with Crippen LogP contribution in [0, 0.1) is 22.0 Å². The average molecular weight is 466 g/mol. The second-order valence-corrected chi connectivity index (χ2v) is 8.71. The van der Waals surface area contributed by atoms with Crippen molar-refractivity contribution in [2.75, 3.05) is 4.90 Å². The fourth-order valence-electron chi connectivity index (χ4n) is 5.42. The van der Waals surface area contributed by atoms with Crippen molar-refractivity contribution in [3.63, 3.8) is 0 Å². The van der Waals surface area contributed by atoms with Crippen LogP contribution in [0.4, 0.5) is 11.4 Å². The van der Waals surface area contributed by atoms with Crippen molar-refractivity contribution in [3.05, 3.63) is 106 Å². The topological polar surface area (TPSA) is 113 Å². The highest BCUT2D eigenvalue weighted by atomic mass is 16.6. The second kappa shape index (κ2) is 7.69. The number of nitro benzene ring substituents is 1. The van der Waals surface area contributed by atoms with Crippen LogP contribution in [-0.4, -0.2) is 39.8 Å². The summed E-state index contributed by atoms with van der Waals surface area (Å²) in [7, 11) is 0. The van der Waals surface area contributed by atoms with Crippen molar-refractivity contribution >= 4 is 35.2 Å². The summed E-state index contributed by atoms with van der Waals surface area (Å²) in [6.07, 6.45) is 1.63. The smallest absolute Gasteiger partial charge is 0.269 e. The number of anilines is 1. The minimum absolute atomic E-state index is 0.143. The molecule has 0 N–H and O–H groups in total. The number of amides is 2. The molecule has 0 spiro atoms. The first-order valence-electron chi connectivity index (χ1n) is 11.1. The molecule has 6 rings (SSSR count). The first-order chi connectivity index (χ1) is 17.0. The Labute approximate surface area is 199 Å². The average Bonchev–Trinajstić information content (AvgIpc) is 3.36. The van der Waals surface area contributed by atoms with Gasteiger partial charge in [0, 0.05) is 17.7 Å². The molecule has 9 nitrogen and oxygen atoms in total. The monoisotopic (exact) mass is 466 g/mol. The molecule has 4 unspecified atom stereocenters. The normalized spacial score (nSPS) is 24.2. The molecule has 2 saturated heterocycles. The number of benzene rings is 3. The highest BCUT2D eigenvalue weighted by molar-refractivity contribution is 6.24. The zero-order chi connectivity index (χ0) is 24.3. The van der Waals surface area contributed by atoms with Gasteiger partial charge in [-0.3, -0.25) is 29.5 Å². The summed E-state index contributed by atoms with van der Waals surface area (Å²) in [5, 5.41) is 17.1. The molecule has 0 aliphatic carbocycles. The van der Waals surface area contributed by atoms with Crippen LogP contribution in [0.25, 0.3) is 0 Å². The molecule has 4 atom stereocenters. The van der Waals surface area contributed by atoms with Crippen LogP contribution in [0.3, 0.4) is 0 Å². The van der Waals surface area contributed by atoms with E-state index in [1.807, 2.05) is 24.3 Å². The number of fused-ring (bicyclic) bond motifs is 5. The van der Waals surface area contributed by atoms with E-state index in [-0.39, 0.29) is 17.2 Å². The van der Waals surface area contributed by atoms with Crippen LogP contribution in [0.5, 0.6) is 0 Å². The quantitative estimate of drug-likeness (QED) is 0.252. The van der Waals surface area contributed by atoms with Gasteiger partial charge in [0.05, 0.1) is 34.7 Å². The maximum absolute atomic E-state index is 13.8. The van der Waals surface area contributed by atoms with Crippen LogP contribution >= 0.6 is 0 Å². The third kappa shape index (κ3) is 3.01. The largest absolute Gasteiger partial charge is 0.292 e. The van der Waals surface area contributed by atoms with Crippen molar-refractivity contribution in [2.45, 2.75) is 12.1 Å². The van der Waals surface area contributed by atoms with Crippen LogP contribution in [0.1, 0.15) is 27.5 Å². The van der Waals surface area contributed by atoms with Crippen LogP contribution in [0.2, 0.25) is 0 Å². The fraction of sp³-hybridized carbons (Fsp3) is 0.154. The van der Waals surface area contributed by atoms with Crippen molar-refractivity contribution < 1.29 is 19.3 Å². The Kier molecular flexibility index (Phi) is 4.60. The van der Waals surface area contributed by atoms with E-state index in [2.05, 4.69) is 5.10 Å². The molecule has 9 heteroatoms. The zero-order valence-corrected chi connectivity index (χ0v) is 18.2. The minimum Gasteiger partial charge on any atom is -0.292 e. The number of imide groups is 1. The molecule has 3 aromatic carbocycles. The summed E-state index contributed by atoms with van der Waals surface area (Å²) >= 11 is 0. The number of Topliss-reactive ketones (excluding diaryl/α,β-unsaturated/α-hetero) is 1. The van der Waals surface area contributed by atoms with E-state index < -0.39 is 40.5 Å². The number of rotatable bonds is 4. The van der Waals surface area contributed by atoms with Gasteiger partial charge in [0.2, 0.25) is 11.8 Å². The predicted octanol–water partition coefficient (Wildman–Crippen LogP) is 3.36. The maximum atomic E-state index is 13.8. The molecule has 35 heavy (non-hydrogen) atoms. The van der Waals surface area contributed by atoms with Crippen LogP contribution in [-0.2, 0) is 9.59 Å². The number of para-hydroxylation sites is 1. The molecule has 3 aliphatic heterocycles. The summed E-state index contributed by atoms with van der Waals surface area (Å²) in [6, 6.07) is 19.8. The van der Waals surface area contributed by atoms with Gasteiger partial charge in [0.15, 0.2) is 5.78 Å². The number of hydrogen-bond donors (Lipinski definition) is 0. The summed E-state index contributed by atoms with van der Waals surface area (Å²) in [6.45, 7) is 0. The van der Waals surface area contributed by atoms with Gasteiger partial charge in [-0.1, -0.05) is 42.5 Å². The molecule has 0 radical (unpaired) electrons. The summed E-state index contributed by atoms with van der Waals surface area (Å²) in [4.78, 5) is 52.9. The Morgan fingerprint density at radius 2 is 1.51 bits per heavy atom. The maximum Gasteiger partial charge on any atom is 0.269 e. The molecule has 0 saturated carbocycles. The van der Waals surface area contributed by atoms with E-state index in [4.69, 9.17) is 0 Å². The van der Waals surface area contributed by atoms with E-state index in [1.165, 1.54) is 29.2 Å². The standard InChI is InChI=1S/C26H18N4O5/c31-24(15-10-12-18(13-11-15)30(34)35)23-21-20(22-19-9-5-4-6-16(19)14-27-29(22)23)25(32)28(26(21)33)17-7-2-1-3-8-17/h1-14,20-23H. The summed E-state index contributed by atoms with van der Waals surface area (Å²) in [5.41, 5.74) is 2.18. The third-order valence-electron chi connectivity index (χ3n) is 6.94. The summed E-state index contributed by atoms with van der Waals surface area (Å²) in [5.74, 6) is -2.97. The van der Waals surface area contributed by atoms with Gasteiger partial charge in [-0.15, -0.1) is 0 Å². The Morgan fingerprint density at radius 1 is 0.857 bits per heavy atom. The Balaban J connectivity index is 1.47. The SMILES string of the molecule is O=C(c1ccc([N+](=O)[O-])cc1)C1C2C(=O)N(c3ccccc3)C(=O)C2C2c3ccccc3C=NN12. The molecule has 3 aromatic rings. The van der Waals surface area contributed by atoms with Gasteiger partial charge in [-0.2, -0.15) is 5.10 Å². The second-order valence-electron chi connectivity index (χ2n) is 8.71. The van der Waals surface area contributed by atoms with Crippen molar-refractivity contribution in [1.82, 2.24) is 5.01 Å². The highest BCUT2D eigenvalue weighted by Crippen LogP contribution is 2.53. The number of ketones is 1. The molecule has 2 fully saturated rings. The Hall–Kier alpha value is -4.66. The van der Waals surface area contributed by atoms with E-state index in [1.54, 1.807) is 41.6 Å². The lowest BCUT2D eigenvalue weighted by molar-refractivity contribution is -0.384. The lowest BCUT2D eigenvalue weighted by atomic mass is 9.83. The third-order valence-corrected chi connectivity index (χ3v) is 6.94. The van der Waals surface area contributed by atoms with Crippen LogP contribution in [0.15, 0.2) is 84.0 Å². The van der Waals surface area contributed by atoms with Crippen molar-refractivity contribution in [1.29, 1.82) is 0 Å². The highest BCUT2D eigenvalue weighted by Gasteiger charge is 2.65. The first kappa shape index (κ1) is 20.9. The molecule has 172 valence electrons. The Bertz CT molecular complexity index is 1420. The van der Waals surface area contributed by atoms with Crippen molar-refractivity contribution in [2.24, 2.45) is 16.9 Å². The molecule has 0 aromatic heterocycles. The number of hydrogen-bond acceptors (Lipinski definition) is 7. The minimum atomic E-state index is -1.03. The molecule has 0 bridgehead atoms. The number of non-ortho nitro benzene ring substituents is 1. The predicted molar refractivity (Wildman–Crippen MR) is 126 cm³/mol. The van der Waals surface area contributed by atoms with Gasteiger partial charge < -0.3 is 0 Å². The number of nitro groups is 1. The molecular formula is C26H18N4O5. The van der Waals surface area contributed by atoms with E-state index in [0.29, 0.717) is 5.69 Å². The van der Waals surface area contributed by atoms with Crippen LogP contribution < -0.4 is 4.90 Å². The molecular weight excluding hydrogens is 448 g/mol. The lowest BCUT2D eigenvalue weighted by Gasteiger charge is -2.33. The van der Waals surface area contributed by atoms with E-state index in [0.717, 1.165) is 11.1 Å². The number of carbonyl (C=O) groups excluding carboxylic acids is 3. The zero-order valence-electron chi connectivity index (χ0n) is 18.2. The summed E-state index contributed by atoms with van der Waals surface area (Å²) < 4.78 is 0.